The van der Waals surface area contributed by atoms with Crippen molar-refractivity contribution in [3.05, 3.63) is 87.8 Å². The van der Waals surface area contributed by atoms with Gasteiger partial charge >= 0.3 is 0 Å². The summed E-state index contributed by atoms with van der Waals surface area (Å²) in [6.45, 7) is 6.14. The Hall–Kier alpha value is -3.71. The van der Waals surface area contributed by atoms with Crippen molar-refractivity contribution in [1.29, 1.82) is 0 Å². The number of nitrogens with one attached hydrogen (secondary N) is 1. The summed E-state index contributed by atoms with van der Waals surface area (Å²) in [5, 5.41) is 12.6. The standard InChI is InChI=1S/C27H25N3O3S/c1-4-14-30-22(20-15(2)28-19-13-9-8-12-18(19)20)21(24(32)27(30)33)23(31)25-16(3)29-26(34-25)17-10-6-5-7-11-17/h5-13,22,28,32H,4,14H2,1-3H3. The van der Waals surface area contributed by atoms with E-state index in [1.807, 2.05) is 68.4 Å². The normalized spacial score (nSPS) is 16.1. The maximum absolute atomic E-state index is 13.9. The number of H-pyrrole nitrogens is 1. The molecule has 0 saturated carbocycles. The van der Waals surface area contributed by atoms with E-state index in [1.165, 1.54) is 11.3 Å². The van der Waals surface area contributed by atoms with Crippen LogP contribution in [0.15, 0.2) is 65.9 Å². The van der Waals surface area contributed by atoms with Gasteiger partial charge in [-0.2, -0.15) is 0 Å². The molecule has 7 heteroatoms. The summed E-state index contributed by atoms with van der Waals surface area (Å²) in [5.74, 6) is -1.33. The lowest BCUT2D eigenvalue weighted by Gasteiger charge is -2.26. The molecule has 0 bridgehead atoms. The maximum Gasteiger partial charge on any atom is 0.290 e. The van der Waals surface area contributed by atoms with E-state index in [-0.39, 0.29) is 11.4 Å². The predicted octanol–water partition coefficient (Wildman–Crippen LogP) is 5.90. The first-order valence-electron chi connectivity index (χ1n) is 11.3. The van der Waals surface area contributed by atoms with E-state index in [0.29, 0.717) is 23.5 Å². The number of aliphatic hydroxyl groups excluding tert-OH is 1. The van der Waals surface area contributed by atoms with Gasteiger partial charge in [-0.25, -0.2) is 4.98 Å². The zero-order valence-corrected chi connectivity index (χ0v) is 20.1. The fraction of sp³-hybridized carbons (Fsp3) is 0.222. The van der Waals surface area contributed by atoms with E-state index in [4.69, 9.17) is 0 Å². The number of amides is 1. The van der Waals surface area contributed by atoms with E-state index >= 15 is 0 Å². The Bertz CT molecular complexity index is 1450. The molecule has 3 heterocycles. The van der Waals surface area contributed by atoms with Gasteiger partial charge in [0.2, 0.25) is 5.78 Å². The minimum Gasteiger partial charge on any atom is -0.503 e. The van der Waals surface area contributed by atoms with Gasteiger partial charge in [0.05, 0.1) is 22.2 Å². The van der Waals surface area contributed by atoms with Crippen LogP contribution in [-0.2, 0) is 4.79 Å². The molecule has 0 fully saturated rings. The molecule has 0 radical (unpaired) electrons. The van der Waals surface area contributed by atoms with E-state index in [1.54, 1.807) is 11.8 Å². The number of thiazole rings is 1. The van der Waals surface area contributed by atoms with Crippen molar-refractivity contribution in [2.24, 2.45) is 0 Å². The molecule has 1 aliphatic heterocycles. The fourth-order valence-electron chi connectivity index (χ4n) is 4.74. The maximum atomic E-state index is 13.9. The van der Waals surface area contributed by atoms with Crippen LogP contribution in [0.1, 0.15) is 46.0 Å². The zero-order valence-electron chi connectivity index (χ0n) is 19.3. The number of carbonyl (C=O) groups excluding carboxylic acids is 2. The zero-order chi connectivity index (χ0) is 24.0. The number of benzene rings is 2. The first-order valence-corrected chi connectivity index (χ1v) is 12.1. The van der Waals surface area contributed by atoms with Gasteiger partial charge in [-0.3, -0.25) is 9.59 Å². The number of fused-ring (bicyclic) bond motifs is 1. The van der Waals surface area contributed by atoms with Gasteiger partial charge in [0.15, 0.2) is 5.76 Å². The molecule has 2 N–H and O–H groups in total. The third kappa shape index (κ3) is 3.44. The number of Topliss-reactive ketones (excluding diaryl/α,β-unsaturated/α-hetero) is 1. The van der Waals surface area contributed by atoms with Gasteiger partial charge in [0, 0.05) is 34.3 Å². The largest absolute Gasteiger partial charge is 0.503 e. The smallest absolute Gasteiger partial charge is 0.290 e. The number of aromatic amines is 1. The molecule has 0 aliphatic carbocycles. The van der Waals surface area contributed by atoms with Crippen molar-refractivity contribution in [2.45, 2.75) is 33.2 Å². The first-order chi connectivity index (χ1) is 16.4. The lowest BCUT2D eigenvalue weighted by molar-refractivity contribution is -0.129. The Morgan fingerprint density at radius 3 is 2.56 bits per heavy atom. The minimum absolute atomic E-state index is 0.123. The molecule has 172 valence electrons. The number of aromatic nitrogens is 2. The number of nitrogens with zero attached hydrogens (tertiary/aromatic N) is 2. The Kier molecular flexibility index (Phi) is 5.57. The highest BCUT2D eigenvalue weighted by atomic mass is 32.1. The molecule has 2 aromatic heterocycles. The van der Waals surface area contributed by atoms with E-state index < -0.39 is 17.7 Å². The Morgan fingerprint density at radius 1 is 1.12 bits per heavy atom. The van der Waals surface area contributed by atoms with Crippen LogP contribution >= 0.6 is 11.3 Å². The van der Waals surface area contributed by atoms with Crippen molar-refractivity contribution in [3.63, 3.8) is 0 Å². The fourth-order valence-corrected chi connectivity index (χ4v) is 5.77. The van der Waals surface area contributed by atoms with Crippen LogP contribution in [0.25, 0.3) is 21.5 Å². The predicted molar refractivity (Wildman–Crippen MR) is 134 cm³/mol. The molecule has 1 unspecified atom stereocenters. The Morgan fingerprint density at radius 2 is 1.82 bits per heavy atom. The molecule has 1 amide bonds. The van der Waals surface area contributed by atoms with E-state index in [0.717, 1.165) is 32.7 Å². The lowest BCUT2D eigenvalue weighted by Crippen LogP contribution is -2.32. The first kappa shape index (κ1) is 22.1. The van der Waals surface area contributed by atoms with Crippen molar-refractivity contribution < 1.29 is 14.7 Å². The number of aliphatic hydroxyl groups is 1. The second-order valence-electron chi connectivity index (χ2n) is 8.50. The summed E-state index contributed by atoms with van der Waals surface area (Å²) in [6, 6.07) is 16.8. The highest BCUT2D eigenvalue weighted by molar-refractivity contribution is 7.17. The van der Waals surface area contributed by atoms with Crippen LogP contribution in [0.4, 0.5) is 0 Å². The summed E-state index contributed by atoms with van der Waals surface area (Å²) in [5.41, 5.74) is 4.27. The molecule has 1 aliphatic rings. The second kappa shape index (κ2) is 8.57. The number of ketones is 1. The molecular formula is C27H25N3O3S. The van der Waals surface area contributed by atoms with E-state index in [2.05, 4.69) is 9.97 Å². The molecule has 5 rings (SSSR count). The number of rotatable bonds is 6. The molecule has 4 aromatic rings. The number of hydrogen-bond donors (Lipinski definition) is 2. The molecule has 1 atom stereocenters. The average Bonchev–Trinajstić information content (AvgIpc) is 3.46. The summed E-state index contributed by atoms with van der Waals surface area (Å²) >= 11 is 1.29. The number of aryl methyl sites for hydroxylation is 2. The molecule has 0 saturated heterocycles. The topological polar surface area (TPSA) is 86.3 Å². The van der Waals surface area contributed by atoms with Crippen LogP contribution in [0.3, 0.4) is 0 Å². The SMILES string of the molecule is CCCN1C(=O)C(O)=C(C(=O)c2sc(-c3ccccc3)nc2C)C1c1c(C)[nH]c2ccccc12. The average molecular weight is 472 g/mol. The second-order valence-corrected chi connectivity index (χ2v) is 9.50. The van der Waals surface area contributed by atoms with Crippen LogP contribution in [0.2, 0.25) is 0 Å². The molecular weight excluding hydrogens is 446 g/mol. The summed E-state index contributed by atoms with van der Waals surface area (Å²) < 4.78 is 0. The summed E-state index contributed by atoms with van der Waals surface area (Å²) in [6.07, 6.45) is 0.704. The molecule has 6 nitrogen and oxygen atoms in total. The highest BCUT2D eigenvalue weighted by Gasteiger charge is 2.45. The third-order valence-electron chi connectivity index (χ3n) is 6.25. The number of hydrogen-bond acceptors (Lipinski definition) is 5. The van der Waals surface area contributed by atoms with Gasteiger partial charge in [-0.05, 0) is 26.3 Å². The lowest BCUT2D eigenvalue weighted by atomic mass is 9.93. The van der Waals surface area contributed by atoms with Crippen LogP contribution in [0, 0.1) is 13.8 Å². The van der Waals surface area contributed by atoms with Crippen LogP contribution in [0.5, 0.6) is 0 Å². The summed E-state index contributed by atoms with van der Waals surface area (Å²) in [7, 11) is 0. The Balaban J connectivity index is 1.66. The van der Waals surface area contributed by atoms with Gasteiger partial charge in [-0.15, -0.1) is 11.3 Å². The molecule has 34 heavy (non-hydrogen) atoms. The van der Waals surface area contributed by atoms with Gasteiger partial charge in [0.25, 0.3) is 5.91 Å². The minimum atomic E-state index is -0.669. The van der Waals surface area contributed by atoms with Crippen molar-refractivity contribution in [1.82, 2.24) is 14.9 Å². The van der Waals surface area contributed by atoms with Crippen LogP contribution in [-0.4, -0.2) is 38.2 Å². The third-order valence-corrected chi connectivity index (χ3v) is 7.46. The molecule has 0 spiro atoms. The number of para-hydroxylation sites is 1. The quantitative estimate of drug-likeness (QED) is 0.343. The van der Waals surface area contributed by atoms with Crippen molar-refractivity contribution in [3.8, 4) is 10.6 Å². The van der Waals surface area contributed by atoms with Crippen LogP contribution < -0.4 is 0 Å². The van der Waals surface area contributed by atoms with Crippen molar-refractivity contribution >= 4 is 33.9 Å². The highest BCUT2D eigenvalue weighted by Crippen LogP contribution is 2.44. The van der Waals surface area contributed by atoms with Gasteiger partial charge in [-0.1, -0.05) is 55.5 Å². The number of carbonyl (C=O) groups is 2. The summed E-state index contributed by atoms with van der Waals surface area (Å²) in [4.78, 5) is 37.1. The Labute approximate surface area is 201 Å². The monoisotopic (exact) mass is 471 g/mol. The van der Waals surface area contributed by atoms with Gasteiger partial charge < -0.3 is 15.0 Å². The van der Waals surface area contributed by atoms with Crippen molar-refractivity contribution in [2.75, 3.05) is 6.54 Å². The van der Waals surface area contributed by atoms with Gasteiger partial charge in [0.1, 0.15) is 5.01 Å². The van der Waals surface area contributed by atoms with E-state index in [9.17, 15) is 14.7 Å². The molecule has 2 aromatic carbocycles.